The van der Waals surface area contributed by atoms with E-state index in [1.54, 1.807) is 16.8 Å². The molecule has 3 aromatic rings. The number of carbonyl (C=O) groups excluding carboxylic acids is 1. The molecule has 1 N–H and O–H groups in total. The van der Waals surface area contributed by atoms with Gasteiger partial charge >= 0.3 is 0 Å². The van der Waals surface area contributed by atoms with E-state index in [1.807, 2.05) is 25.1 Å². The van der Waals surface area contributed by atoms with E-state index in [1.165, 1.54) is 12.1 Å². The number of aromatic nitrogens is 3. The maximum Gasteiger partial charge on any atom is 0.278 e. The van der Waals surface area contributed by atoms with Crippen molar-refractivity contribution in [3.8, 4) is 0 Å². The average Bonchev–Trinajstić information content (AvgIpc) is 3.08. The van der Waals surface area contributed by atoms with Crippen LogP contribution in [0.5, 0.6) is 0 Å². The fourth-order valence-electron chi connectivity index (χ4n) is 3.02. The number of nitrogens with one attached hydrogen (secondary N) is 1. The number of anilines is 1. The highest BCUT2D eigenvalue weighted by Gasteiger charge is 2.28. The third-order valence-electron chi connectivity index (χ3n) is 4.49. The molecular weight excluding hydrogens is 415 g/mol. The first-order chi connectivity index (χ1) is 13.0. The molecule has 0 saturated carbocycles. The summed E-state index contributed by atoms with van der Waals surface area (Å²) in [7, 11) is 0. The highest BCUT2D eigenvalue weighted by Crippen LogP contribution is 2.27. The van der Waals surface area contributed by atoms with Crippen molar-refractivity contribution in [3.63, 3.8) is 0 Å². The average molecular weight is 431 g/mol. The Bertz CT molecular complexity index is 1000. The van der Waals surface area contributed by atoms with Crippen LogP contribution < -0.4 is 5.32 Å². The van der Waals surface area contributed by atoms with Crippen LogP contribution in [0, 0.1) is 12.7 Å². The zero-order chi connectivity index (χ0) is 19.0. The summed E-state index contributed by atoms with van der Waals surface area (Å²) in [4.78, 5) is 12.6. The Morgan fingerprint density at radius 1 is 1.30 bits per heavy atom. The molecular formula is C19H16BrFN4O2. The lowest BCUT2D eigenvalue weighted by Gasteiger charge is -2.24. The minimum atomic E-state index is -0.328. The van der Waals surface area contributed by atoms with Crippen molar-refractivity contribution in [1.82, 2.24) is 15.0 Å². The molecule has 2 aromatic carbocycles. The fourth-order valence-corrected chi connectivity index (χ4v) is 3.49. The summed E-state index contributed by atoms with van der Waals surface area (Å²) in [6, 6.07) is 11.8. The van der Waals surface area contributed by atoms with Gasteiger partial charge in [-0.15, -0.1) is 5.10 Å². The van der Waals surface area contributed by atoms with E-state index >= 15 is 0 Å². The molecule has 2 heterocycles. The molecule has 0 aliphatic carbocycles. The second-order valence-corrected chi connectivity index (χ2v) is 7.25. The van der Waals surface area contributed by atoms with Gasteiger partial charge < -0.3 is 10.1 Å². The minimum absolute atomic E-state index is 0.205. The number of aryl methyl sites for hydroxylation is 1. The third-order valence-corrected chi connectivity index (χ3v) is 4.98. The van der Waals surface area contributed by atoms with Crippen molar-refractivity contribution in [2.75, 3.05) is 5.32 Å². The topological polar surface area (TPSA) is 69.0 Å². The zero-order valence-corrected chi connectivity index (χ0v) is 16.0. The SMILES string of the molecule is Cc1cc(Br)ccc1NC(=O)c1nnn2c1CO[C@@H](c1ccc(F)cc1)C2. The fraction of sp³-hybridized carbons (Fsp3) is 0.211. The second kappa shape index (κ2) is 7.21. The van der Waals surface area contributed by atoms with Gasteiger partial charge in [-0.1, -0.05) is 33.3 Å². The first kappa shape index (κ1) is 17.8. The maximum absolute atomic E-state index is 13.1. The third kappa shape index (κ3) is 3.63. The molecule has 0 radical (unpaired) electrons. The van der Waals surface area contributed by atoms with Crippen molar-refractivity contribution < 1.29 is 13.9 Å². The van der Waals surface area contributed by atoms with Gasteiger partial charge in [0, 0.05) is 10.2 Å². The number of carbonyl (C=O) groups is 1. The van der Waals surface area contributed by atoms with Gasteiger partial charge in [0.25, 0.3) is 5.91 Å². The first-order valence-electron chi connectivity index (χ1n) is 8.38. The Hall–Kier alpha value is -2.58. The van der Waals surface area contributed by atoms with Crippen molar-refractivity contribution in [2.45, 2.75) is 26.2 Å². The molecule has 0 fully saturated rings. The van der Waals surface area contributed by atoms with Crippen LogP contribution in [0.4, 0.5) is 10.1 Å². The summed E-state index contributed by atoms with van der Waals surface area (Å²) in [6.07, 6.45) is -0.260. The Kier molecular flexibility index (Phi) is 4.75. The van der Waals surface area contributed by atoms with Crippen LogP contribution >= 0.6 is 15.9 Å². The van der Waals surface area contributed by atoms with Crippen LogP contribution in [0.2, 0.25) is 0 Å². The number of halogens is 2. The molecule has 1 aliphatic rings. The van der Waals surface area contributed by atoms with E-state index in [9.17, 15) is 9.18 Å². The van der Waals surface area contributed by atoms with Crippen LogP contribution in [0.25, 0.3) is 0 Å². The number of nitrogens with zero attached hydrogens (tertiary/aromatic N) is 3. The van der Waals surface area contributed by atoms with Gasteiger partial charge in [-0.25, -0.2) is 9.07 Å². The van der Waals surface area contributed by atoms with Crippen molar-refractivity contribution >= 4 is 27.5 Å². The Morgan fingerprint density at radius 2 is 2.07 bits per heavy atom. The van der Waals surface area contributed by atoms with Crippen molar-refractivity contribution in [1.29, 1.82) is 0 Å². The van der Waals surface area contributed by atoms with E-state index in [0.717, 1.165) is 15.6 Å². The quantitative estimate of drug-likeness (QED) is 0.681. The molecule has 0 saturated heterocycles. The number of amides is 1. The van der Waals surface area contributed by atoms with Crippen molar-refractivity contribution in [3.05, 3.63) is 75.3 Å². The predicted molar refractivity (Wildman–Crippen MR) is 101 cm³/mol. The summed E-state index contributed by atoms with van der Waals surface area (Å²) >= 11 is 3.40. The molecule has 1 amide bonds. The standard InChI is InChI=1S/C19H16BrFN4O2/c1-11-8-13(20)4-7-15(11)22-19(26)18-16-10-27-17(9-25(16)24-23-18)12-2-5-14(21)6-3-12/h2-8,17H,9-10H2,1H3,(H,22,26)/t17-/m1/s1. The number of ether oxygens (including phenoxy) is 1. The molecule has 1 aromatic heterocycles. The van der Waals surface area contributed by atoms with Gasteiger partial charge in [-0.3, -0.25) is 4.79 Å². The van der Waals surface area contributed by atoms with Crippen LogP contribution in [0.1, 0.15) is 33.4 Å². The highest BCUT2D eigenvalue weighted by molar-refractivity contribution is 9.10. The normalized spacial score (nSPS) is 16.0. The zero-order valence-electron chi connectivity index (χ0n) is 14.4. The molecule has 0 bridgehead atoms. The molecule has 1 atom stereocenters. The van der Waals surface area contributed by atoms with Crippen LogP contribution in [-0.2, 0) is 17.9 Å². The van der Waals surface area contributed by atoms with E-state index < -0.39 is 0 Å². The molecule has 0 unspecified atom stereocenters. The predicted octanol–water partition coefficient (Wildman–Crippen LogP) is 4.01. The van der Waals surface area contributed by atoms with E-state index in [0.29, 0.717) is 17.9 Å². The Balaban J connectivity index is 1.52. The van der Waals surface area contributed by atoms with Gasteiger partial charge in [-0.2, -0.15) is 0 Å². The number of benzene rings is 2. The van der Waals surface area contributed by atoms with Crippen LogP contribution in [0.3, 0.4) is 0 Å². The molecule has 8 heteroatoms. The van der Waals surface area contributed by atoms with Gasteiger partial charge in [0.05, 0.1) is 18.8 Å². The lowest BCUT2D eigenvalue weighted by Crippen LogP contribution is -2.24. The number of hydrogen-bond acceptors (Lipinski definition) is 4. The lowest BCUT2D eigenvalue weighted by atomic mass is 10.1. The van der Waals surface area contributed by atoms with Gasteiger partial charge in [0.1, 0.15) is 11.9 Å². The lowest BCUT2D eigenvalue weighted by molar-refractivity contribution is -0.00174. The van der Waals surface area contributed by atoms with E-state index in [2.05, 4.69) is 31.6 Å². The molecule has 1 aliphatic heterocycles. The van der Waals surface area contributed by atoms with Gasteiger partial charge in [0.2, 0.25) is 0 Å². The van der Waals surface area contributed by atoms with Crippen molar-refractivity contribution in [2.24, 2.45) is 0 Å². The molecule has 6 nitrogen and oxygen atoms in total. The highest BCUT2D eigenvalue weighted by atomic mass is 79.9. The van der Waals surface area contributed by atoms with Gasteiger partial charge in [-0.05, 0) is 48.4 Å². The number of hydrogen-bond donors (Lipinski definition) is 1. The summed E-state index contributed by atoms with van der Waals surface area (Å²) in [6.45, 7) is 2.54. The molecule has 138 valence electrons. The number of fused-ring (bicyclic) bond motifs is 1. The maximum atomic E-state index is 13.1. The summed E-state index contributed by atoms with van der Waals surface area (Å²) < 4.78 is 21.6. The Labute approximate surface area is 163 Å². The second-order valence-electron chi connectivity index (χ2n) is 6.33. The van der Waals surface area contributed by atoms with E-state index in [-0.39, 0.29) is 30.1 Å². The van der Waals surface area contributed by atoms with Gasteiger partial charge in [0.15, 0.2) is 5.69 Å². The summed E-state index contributed by atoms with van der Waals surface area (Å²) in [5.74, 6) is -0.622. The minimum Gasteiger partial charge on any atom is -0.365 e. The summed E-state index contributed by atoms with van der Waals surface area (Å²) in [5, 5.41) is 11.0. The molecule has 0 spiro atoms. The first-order valence-corrected chi connectivity index (χ1v) is 9.17. The molecule has 27 heavy (non-hydrogen) atoms. The van der Waals surface area contributed by atoms with Crippen LogP contribution in [-0.4, -0.2) is 20.9 Å². The smallest absolute Gasteiger partial charge is 0.278 e. The van der Waals surface area contributed by atoms with E-state index in [4.69, 9.17) is 4.74 Å². The van der Waals surface area contributed by atoms with Crippen LogP contribution in [0.15, 0.2) is 46.9 Å². The Morgan fingerprint density at radius 3 is 2.81 bits per heavy atom. The largest absolute Gasteiger partial charge is 0.365 e. The monoisotopic (exact) mass is 430 g/mol. The molecule has 4 rings (SSSR count). The summed E-state index contributed by atoms with van der Waals surface area (Å²) in [5.41, 5.74) is 3.38. The number of rotatable bonds is 3.